The summed E-state index contributed by atoms with van der Waals surface area (Å²) in [4.78, 5) is 3.96. The van der Waals surface area contributed by atoms with Crippen molar-refractivity contribution in [2.75, 3.05) is 32.7 Å². The van der Waals surface area contributed by atoms with E-state index in [1.54, 1.807) is 4.90 Å². The largest absolute Gasteiger partial charge is 0.404 e. The normalized spacial score (nSPS) is 29.0. The molecule has 0 radical (unpaired) electrons. The highest BCUT2D eigenvalue weighted by atomic mass is 19.4. The van der Waals surface area contributed by atoms with Gasteiger partial charge in [-0.2, -0.15) is 13.2 Å². The van der Waals surface area contributed by atoms with Gasteiger partial charge < -0.3 is 5.73 Å². The summed E-state index contributed by atoms with van der Waals surface area (Å²) in [5.41, 5.74) is 5.34. The monoisotopic (exact) mass is 265 g/mol. The second-order valence-corrected chi connectivity index (χ2v) is 5.32. The summed E-state index contributed by atoms with van der Waals surface area (Å²) >= 11 is 0. The lowest BCUT2D eigenvalue weighted by Gasteiger charge is -2.33. The second kappa shape index (κ2) is 5.75. The highest BCUT2D eigenvalue weighted by Crippen LogP contribution is 2.30. The van der Waals surface area contributed by atoms with Crippen molar-refractivity contribution in [1.82, 2.24) is 9.80 Å². The third kappa shape index (κ3) is 3.16. The Kier molecular flexibility index (Phi) is 4.50. The summed E-state index contributed by atoms with van der Waals surface area (Å²) in [6.07, 6.45) is -1.17. The zero-order valence-electron chi connectivity index (χ0n) is 10.6. The van der Waals surface area contributed by atoms with Gasteiger partial charge in [-0.15, -0.1) is 0 Å². The van der Waals surface area contributed by atoms with Gasteiger partial charge in [0.1, 0.15) is 6.04 Å². The Morgan fingerprint density at radius 3 is 2.56 bits per heavy atom. The van der Waals surface area contributed by atoms with Crippen LogP contribution in [0, 0.1) is 0 Å². The lowest BCUT2D eigenvalue weighted by Crippen LogP contribution is -2.49. The molecule has 0 saturated carbocycles. The Bertz CT molecular complexity index is 270. The van der Waals surface area contributed by atoms with Crippen LogP contribution in [-0.4, -0.2) is 60.8 Å². The van der Waals surface area contributed by atoms with Gasteiger partial charge in [-0.3, -0.25) is 9.80 Å². The van der Waals surface area contributed by atoms with Crippen LogP contribution in [0.1, 0.15) is 25.7 Å². The molecule has 2 unspecified atom stereocenters. The molecule has 2 aliphatic rings. The first kappa shape index (κ1) is 14.1. The van der Waals surface area contributed by atoms with E-state index in [0.717, 1.165) is 32.4 Å². The molecule has 0 spiro atoms. The Balaban J connectivity index is 2.04. The molecule has 2 saturated heterocycles. The van der Waals surface area contributed by atoms with Gasteiger partial charge in [-0.25, -0.2) is 0 Å². The summed E-state index contributed by atoms with van der Waals surface area (Å²) in [6.45, 7) is 3.16. The van der Waals surface area contributed by atoms with Crippen LogP contribution >= 0.6 is 0 Å². The van der Waals surface area contributed by atoms with E-state index < -0.39 is 12.2 Å². The van der Waals surface area contributed by atoms with Crippen LogP contribution in [0.2, 0.25) is 0 Å². The van der Waals surface area contributed by atoms with Crippen LogP contribution in [0.4, 0.5) is 13.2 Å². The third-order valence-electron chi connectivity index (χ3n) is 4.09. The molecule has 2 heterocycles. The van der Waals surface area contributed by atoms with E-state index in [4.69, 9.17) is 5.73 Å². The SMILES string of the molecule is NCCC(N1CCCN2CCCC2C1)C(F)(F)F. The Labute approximate surface area is 106 Å². The van der Waals surface area contributed by atoms with E-state index >= 15 is 0 Å². The number of fused-ring (bicyclic) bond motifs is 1. The number of hydrogen-bond acceptors (Lipinski definition) is 3. The molecule has 106 valence electrons. The molecule has 0 aromatic carbocycles. The predicted molar refractivity (Wildman–Crippen MR) is 64.3 cm³/mol. The van der Waals surface area contributed by atoms with Crippen molar-refractivity contribution in [2.24, 2.45) is 5.73 Å². The first-order valence-corrected chi connectivity index (χ1v) is 6.77. The highest BCUT2D eigenvalue weighted by molar-refractivity contribution is 4.89. The average molecular weight is 265 g/mol. The number of rotatable bonds is 3. The van der Waals surface area contributed by atoms with Crippen molar-refractivity contribution in [3.63, 3.8) is 0 Å². The molecular weight excluding hydrogens is 243 g/mol. The molecule has 2 N–H and O–H groups in total. The van der Waals surface area contributed by atoms with E-state index in [0.29, 0.717) is 19.1 Å². The van der Waals surface area contributed by atoms with Gasteiger partial charge in [0.05, 0.1) is 0 Å². The fourth-order valence-corrected chi connectivity index (χ4v) is 3.23. The van der Waals surface area contributed by atoms with Crippen molar-refractivity contribution in [1.29, 1.82) is 0 Å². The summed E-state index contributed by atoms with van der Waals surface area (Å²) < 4.78 is 39.2. The molecule has 0 amide bonds. The maximum absolute atomic E-state index is 13.1. The van der Waals surface area contributed by atoms with Gasteiger partial charge in [0, 0.05) is 19.1 Å². The molecule has 6 heteroatoms. The third-order valence-corrected chi connectivity index (χ3v) is 4.09. The van der Waals surface area contributed by atoms with Crippen molar-refractivity contribution in [3.8, 4) is 0 Å². The van der Waals surface area contributed by atoms with Crippen LogP contribution in [-0.2, 0) is 0 Å². The minimum Gasteiger partial charge on any atom is -0.330 e. The molecule has 0 aliphatic carbocycles. The lowest BCUT2D eigenvalue weighted by atomic mass is 10.1. The topological polar surface area (TPSA) is 32.5 Å². The summed E-state index contributed by atoms with van der Waals surface area (Å²) in [5, 5.41) is 0. The number of halogens is 3. The fraction of sp³-hybridized carbons (Fsp3) is 1.00. The van der Waals surface area contributed by atoms with Crippen LogP contribution in [0.3, 0.4) is 0 Å². The van der Waals surface area contributed by atoms with E-state index in [9.17, 15) is 13.2 Å². The summed E-state index contributed by atoms with van der Waals surface area (Å²) in [6, 6.07) is -1.04. The minimum absolute atomic E-state index is 0.0101. The minimum atomic E-state index is -4.16. The standard InChI is InChI=1S/C12H22F3N3/c13-12(14,15)11(4-5-16)18-8-2-7-17-6-1-3-10(17)9-18/h10-11H,1-9,16H2. The van der Waals surface area contributed by atoms with E-state index in [1.165, 1.54) is 0 Å². The van der Waals surface area contributed by atoms with Gasteiger partial charge >= 0.3 is 6.18 Å². The maximum Gasteiger partial charge on any atom is 0.404 e. The van der Waals surface area contributed by atoms with Crippen LogP contribution in [0.5, 0.6) is 0 Å². The van der Waals surface area contributed by atoms with Gasteiger partial charge in [0.2, 0.25) is 0 Å². The average Bonchev–Trinajstić information content (AvgIpc) is 2.62. The molecule has 2 fully saturated rings. The summed E-state index contributed by atoms with van der Waals surface area (Å²) in [5.74, 6) is 0. The second-order valence-electron chi connectivity index (χ2n) is 5.32. The predicted octanol–water partition coefficient (Wildman–Crippen LogP) is 1.44. The van der Waals surface area contributed by atoms with E-state index in [1.807, 2.05) is 0 Å². The van der Waals surface area contributed by atoms with Gasteiger partial charge in [0.25, 0.3) is 0 Å². The molecule has 2 atom stereocenters. The molecular formula is C12H22F3N3. The van der Waals surface area contributed by atoms with E-state index in [2.05, 4.69) is 4.90 Å². The fourth-order valence-electron chi connectivity index (χ4n) is 3.23. The Morgan fingerprint density at radius 1 is 1.17 bits per heavy atom. The molecule has 0 aromatic heterocycles. The quantitative estimate of drug-likeness (QED) is 0.838. The molecule has 0 bridgehead atoms. The number of alkyl halides is 3. The molecule has 18 heavy (non-hydrogen) atoms. The van der Waals surface area contributed by atoms with E-state index in [-0.39, 0.29) is 13.0 Å². The van der Waals surface area contributed by atoms with Crippen molar-refractivity contribution < 1.29 is 13.2 Å². The van der Waals surface area contributed by atoms with Gasteiger partial charge in [-0.1, -0.05) is 0 Å². The molecule has 3 nitrogen and oxygen atoms in total. The maximum atomic E-state index is 13.1. The van der Waals surface area contributed by atoms with Crippen molar-refractivity contribution in [3.05, 3.63) is 0 Å². The van der Waals surface area contributed by atoms with Crippen LogP contribution in [0.15, 0.2) is 0 Å². The summed E-state index contributed by atoms with van der Waals surface area (Å²) in [7, 11) is 0. The number of nitrogens with two attached hydrogens (primary N) is 1. The zero-order valence-corrected chi connectivity index (χ0v) is 10.6. The van der Waals surface area contributed by atoms with Gasteiger partial charge in [-0.05, 0) is 45.3 Å². The Morgan fingerprint density at radius 2 is 1.89 bits per heavy atom. The first-order valence-electron chi connectivity index (χ1n) is 6.77. The van der Waals surface area contributed by atoms with Crippen LogP contribution in [0.25, 0.3) is 0 Å². The van der Waals surface area contributed by atoms with Crippen LogP contribution < -0.4 is 5.73 Å². The zero-order chi connectivity index (χ0) is 13.2. The number of nitrogens with zero attached hydrogens (tertiary/aromatic N) is 2. The molecule has 2 aliphatic heterocycles. The van der Waals surface area contributed by atoms with Crippen molar-refractivity contribution >= 4 is 0 Å². The van der Waals surface area contributed by atoms with Gasteiger partial charge in [0.15, 0.2) is 0 Å². The first-order chi connectivity index (χ1) is 8.52. The lowest BCUT2D eigenvalue weighted by molar-refractivity contribution is -0.185. The molecule has 2 rings (SSSR count). The highest BCUT2D eigenvalue weighted by Gasteiger charge is 2.44. The Hall–Kier alpha value is -0.330. The molecule has 0 aromatic rings. The smallest absolute Gasteiger partial charge is 0.330 e. The number of hydrogen-bond donors (Lipinski definition) is 1. The van der Waals surface area contributed by atoms with Crippen molar-refractivity contribution in [2.45, 2.75) is 43.9 Å².